The Labute approximate surface area is 174 Å². The number of nitrogens with zero attached hydrogens (tertiary/aromatic N) is 2. The van der Waals surface area contributed by atoms with E-state index in [0.29, 0.717) is 30.6 Å². The van der Waals surface area contributed by atoms with Crippen molar-refractivity contribution in [3.05, 3.63) is 53.7 Å². The smallest absolute Gasteiger partial charge is 0.321 e. The Morgan fingerprint density at radius 3 is 2.90 bits per heavy atom. The maximum Gasteiger partial charge on any atom is 0.321 e. The summed E-state index contributed by atoms with van der Waals surface area (Å²) in [5, 5.41) is 14.9. The van der Waals surface area contributed by atoms with Crippen molar-refractivity contribution in [2.45, 2.75) is 13.8 Å². The van der Waals surface area contributed by atoms with Crippen molar-refractivity contribution < 1.29 is 19.1 Å². The number of urea groups is 1. The molecule has 1 aliphatic heterocycles. The summed E-state index contributed by atoms with van der Waals surface area (Å²) in [6.45, 7) is 5.42. The van der Waals surface area contributed by atoms with Crippen LogP contribution in [0.4, 0.5) is 22.2 Å². The van der Waals surface area contributed by atoms with Gasteiger partial charge in [-0.3, -0.25) is 4.90 Å². The number of aliphatic hydroxyl groups excluding tert-OH is 1. The van der Waals surface area contributed by atoms with Crippen molar-refractivity contribution in [2.75, 3.05) is 36.5 Å². The molecule has 8 nitrogen and oxygen atoms in total. The van der Waals surface area contributed by atoms with E-state index in [9.17, 15) is 4.79 Å². The lowest BCUT2D eigenvalue weighted by Gasteiger charge is -2.16. The van der Waals surface area contributed by atoms with E-state index in [2.05, 4.69) is 15.6 Å². The molecule has 0 spiro atoms. The first-order valence-corrected chi connectivity index (χ1v) is 9.78. The molecule has 8 heteroatoms. The number of carbonyl (C=O) groups excluding carboxylic acids is 1. The molecule has 2 amide bonds. The fourth-order valence-electron chi connectivity index (χ4n) is 3.35. The topological polar surface area (TPSA) is 99.9 Å². The molecule has 0 radical (unpaired) electrons. The maximum absolute atomic E-state index is 12.0. The van der Waals surface area contributed by atoms with Crippen LogP contribution in [-0.2, 0) is 0 Å². The van der Waals surface area contributed by atoms with Gasteiger partial charge in [0, 0.05) is 36.1 Å². The Balaban J connectivity index is 1.56. The first-order chi connectivity index (χ1) is 14.5. The summed E-state index contributed by atoms with van der Waals surface area (Å²) in [5.74, 6) is 1.25. The van der Waals surface area contributed by atoms with E-state index >= 15 is 0 Å². The van der Waals surface area contributed by atoms with Crippen LogP contribution in [0, 0.1) is 13.8 Å². The zero-order chi connectivity index (χ0) is 21.1. The largest absolute Gasteiger partial charge is 0.491 e. The number of aryl methyl sites for hydroxylation is 2. The molecule has 30 heavy (non-hydrogen) atoms. The average molecular weight is 408 g/mol. The van der Waals surface area contributed by atoms with Crippen molar-refractivity contribution in [3.63, 3.8) is 0 Å². The number of amides is 2. The van der Waals surface area contributed by atoms with Gasteiger partial charge in [0.1, 0.15) is 12.4 Å². The average Bonchev–Trinajstić information content (AvgIpc) is 3.37. The summed E-state index contributed by atoms with van der Waals surface area (Å²) in [7, 11) is 0. The van der Waals surface area contributed by atoms with Crippen molar-refractivity contribution in [3.8, 4) is 17.1 Å². The molecule has 2 heterocycles. The molecule has 4 rings (SSSR count). The van der Waals surface area contributed by atoms with Crippen LogP contribution in [0.2, 0.25) is 0 Å². The quantitative estimate of drug-likeness (QED) is 0.552. The van der Waals surface area contributed by atoms with Gasteiger partial charge in [-0.25, -0.2) is 9.78 Å². The number of carbonyl (C=O) groups is 1. The number of anilines is 3. The standard InChI is InChI=1S/C22H24N4O4/c1-14-9-16(11-17(10-14)26-6-5-23-22(26)28)20-13-24-21(30-20)25-19-12-18(29-8-7-27)4-3-15(19)2/h3-4,9-13,27H,5-8H2,1-2H3,(H,23,28)(H,24,25). The molecule has 156 valence electrons. The van der Waals surface area contributed by atoms with E-state index in [1.807, 2.05) is 50.2 Å². The SMILES string of the molecule is Cc1cc(-c2cnc(Nc3cc(OCCO)ccc3C)o2)cc(N2CCNC2=O)c1. The van der Waals surface area contributed by atoms with Crippen molar-refractivity contribution >= 4 is 23.4 Å². The zero-order valence-corrected chi connectivity index (χ0v) is 16.9. The highest BCUT2D eigenvalue weighted by Gasteiger charge is 2.22. The molecule has 1 fully saturated rings. The molecule has 2 aromatic carbocycles. The second-order valence-corrected chi connectivity index (χ2v) is 7.14. The van der Waals surface area contributed by atoms with Crippen LogP contribution in [-0.4, -0.2) is 42.4 Å². The highest BCUT2D eigenvalue weighted by Crippen LogP contribution is 2.31. The molecule has 0 bridgehead atoms. The number of aromatic nitrogens is 1. The Kier molecular flexibility index (Phi) is 5.58. The van der Waals surface area contributed by atoms with Gasteiger partial charge in [0.25, 0.3) is 6.01 Å². The van der Waals surface area contributed by atoms with E-state index in [1.165, 1.54) is 0 Å². The number of hydrogen-bond donors (Lipinski definition) is 3. The lowest BCUT2D eigenvalue weighted by molar-refractivity contribution is 0.201. The molecule has 0 unspecified atom stereocenters. The molecular weight excluding hydrogens is 384 g/mol. The number of oxazole rings is 1. The minimum absolute atomic E-state index is 0.0443. The third-order valence-corrected chi connectivity index (χ3v) is 4.83. The Hall–Kier alpha value is -3.52. The normalized spacial score (nSPS) is 13.4. The monoisotopic (exact) mass is 408 g/mol. The number of ether oxygens (including phenoxy) is 1. The van der Waals surface area contributed by atoms with Crippen molar-refractivity contribution in [1.29, 1.82) is 0 Å². The molecule has 1 aromatic heterocycles. The van der Waals surface area contributed by atoms with Crippen LogP contribution >= 0.6 is 0 Å². The van der Waals surface area contributed by atoms with Crippen LogP contribution < -0.4 is 20.3 Å². The minimum atomic E-state index is -0.0924. The van der Waals surface area contributed by atoms with Crippen LogP contribution in [0.25, 0.3) is 11.3 Å². The van der Waals surface area contributed by atoms with Crippen LogP contribution in [0.15, 0.2) is 47.0 Å². The van der Waals surface area contributed by atoms with Crippen LogP contribution in [0.5, 0.6) is 5.75 Å². The number of benzene rings is 2. The summed E-state index contributed by atoms with van der Waals surface area (Å²) in [6.07, 6.45) is 1.66. The third-order valence-electron chi connectivity index (χ3n) is 4.83. The molecule has 0 saturated carbocycles. The molecule has 1 saturated heterocycles. The maximum atomic E-state index is 12.0. The molecule has 3 N–H and O–H groups in total. The molecule has 0 aliphatic carbocycles. The lowest BCUT2D eigenvalue weighted by atomic mass is 10.1. The van der Waals surface area contributed by atoms with Gasteiger partial charge in [-0.1, -0.05) is 6.07 Å². The summed E-state index contributed by atoms with van der Waals surface area (Å²) >= 11 is 0. The van der Waals surface area contributed by atoms with Gasteiger partial charge in [-0.2, -0.15) is 0 Å². The predicted octanol–water partition coefficient (Wildman–Crippen LogP) is 3.60. The zero-order valence-electron chi connectivity index (χ0n) is 16.9. The van der Waals surface area contributed by atoms with E-state index in [0.717, 1.165) is 28.1 Å². The molecule has 0 atom stereocenters. The third kappa shape index (κ3) is 4.23. The van der Waals surface area contributed by atoms with Gasteiger partial charge in [0.05, 0.1) is 12.8 Å². The van der Waals surface area contributed by atoms with Gasteiger partial charge in [-0.05, 0) is 49.2 Å². The Morgan fingerprint density at radius 1 is 1.27 bits per heavy atom. The highest BCUT2D eigenvalue weighted by atomic mass is 16.5. The van der Waals surface area contributed by atoms with Gasteiger partial charge >= 0.3 is 6.03 Å². The highest BCUT2D eigenvalue weighted by molar-refractivity contribution is 5.94. The summed E-state index contributed by atoms with van der Waals surface area (Å²) in [4.78, 5) is 18.1. The molecule has 1 aliphatic rings. The van der Waals surface area contributed by atoms with Gasteiger partial charge in [0.2, 0.25) is 0 Å². The van der Waals surface area contributed by atoms with Gasteiger partial charge in [0.15, 0.2) is 5.76 Å². The summed E-state index contributed by atoms with van der Waals surface area (Å²) in [6, 6.07) is 11.8. The number of aliphatic hydroxyl groups is 1. The molecular formula is C22H24N4O4. The van der Waals surface area contributed by atoms with Crippen LogP contribution in [0.3, 0.4) is 0 Å². The Morgan fingerprint density at radius 2 is 2.13 bits per heavy atom. The second kappa shape index (κ2) is 8.46. The van der Waals surface area contributed by atoms with Gasteiger partial charge < -0.3 is 24.9 Å². The number of nitrogens with one attached hydrogen (secondary N) is 2. The van der Waals surface area contributed by atoms with E-state index in [-0.39, 0.29) is 19.2 Å². The summed E-state index contributed by atoms with van der Waals surface area (Å²) in [5.41, 5.74) is 4.51. The summed E-state index contributed by atoms with van der Waals surface area (Å²) < 4.78 is 11.4. The van der Waals surface area contributed by atoms with E-state index in [4.69, 9.17) is 14.3 Å². The van der Waals surface area contributed by atoms with Crippen molar-refractivity contribution in [2.24, 2.45) is 0 Å². The first-order valence-electron chi connectivity index (χ1n) is 9.78. The fraction of sp³-hybridized carbons (Fsp3) is 0.273. The first kappa shape index (κ1) is 19.8. The van der Waals surface area contributed by atoms with Crippen LogP contribution in [0.1, 0.15) is 11.1 Å². The number of rotatable bonds is 7. The molecule has 3 aromatic rings. The van der Waals surface area contributed by atoms with E-state index < -0.39 is 0 Å². The number of hydrogen-bond acceptors (Lipinski definition) is 6. The van der Waals surface area contributed by atoms with E-state index in [1.54, 1.807) is 11.1 Å². The van der Waals surface area contributed by atoms with Crippen molar-refractivity contribution in [1.82, 2.24) is 10.3 Å². The minimum Gasteiger partial charge on any atom is -0.491 e. The predicted molar refractivity (Wildman–Crippen MR) is 114 cm³/mol. The fourth-order valence-corrected chi connectivity index (χ4v) is 3.35. The Bertz CT molecular complexity index is 1060. The van der Waals surface area contributed by atoms with Gasteiger partial charge in [-0.15, -0.1) is 0 Å². The lowest BCUT2D eigenvalue weighted by Crippen LogP contribution is -2.27. The second-order valence-electron chi connectivity index (χ2n) is 7.14.